The number of aromatic nitrogens is 2. The maximum Gasteiger partial charge on any atom is 0.247 e. The summed E-state index contributed by atoms with van der Waals surface area (Å²) in [7, 11) is 0. The maximum absolute atomic E-state index is 9.47. The van der Waals surface area contributed by atoms with E-state index < -0.39 is 0 Å². The number of rotatable bonds is 3. The molecule has 0 amide bonds. The van der Waals surface area contributed by atoms with Crippen molar-refractivity contribution in [3.05, 3.63) is 34.6 Å². The molecule has 2 heterocycles. The van der Waals surface area contributed by atoms with Crippen molar-refractivity contribution in [3.63, 3.8) is 0 Å². The molecule has 1 saturated heterocycles. The topological polar surface area (TPSA) is 62.4 Å². The monoisotopic (exact) mass is 323 g/mol. The fourth-order valence-electron chi connectivity index (χ4n) is 2.17. The van der Waals surface area contributed by atoms with Gasteiger partial charge in [0.1, 0.15) is 0 Å². The Labute approximate surface area is 119 Å². The molecule has 5 nitrogen and oxygen atoms in total. The van der Waals surface area contributed by atoms with Gasteiger partial charge < -0.3 is 9.52 Å². The second-order valence-corrected chi connectivity index (χ2v) is 5.60. The third kappa shape index (κ3) is 3.02. The minimum absolute atomic E-state index is 0.228. The van der Waals surface area contributed by atoms with E-state index in [-0.39, 0.29) is 6.10 Å². The predicted octanol–water partition coefficient (Wildman–Crippen LogP) is 2.07. The van der Waals surface area contributed by atoms with Crippen LogP contribution in [0.4, 0.5) is 0 Å². The quantitative estimate of drug-likeness (QED) is 0.936. The Balaban J connectivity index is 1.71. The molecule has 1 aromatic carbocycles. The van der Waals surface area contributed by atoms with Crippen molar-refractivity contribution < 1.29 is 9.52 Å². The highest BCUT2D eigenvalue weighted by atomic mass is 79.9. The van der Waals surface area contributed by atoms with Gasteiger partial charge in [0.25, 0.3) is 0 Å². The lowest BCUT2D eigenvalue weighted by molar-refractivity contribution is 0.171. The van der Waals surface area contributed by atoms with E-state index in [4.69, 9.17) is 4.42 Å². The molecule has 1 aliphatic heterocycles. The fourth-order valence-corrected chi connectivity index (χ4v) is 2.44. The van der Waals surface area contributed by atoms with Crippen molar-refractivity contribution in [2.24, 2.45) is 0 Å². The number of halogens is 1. The minimum atomic E-state index is -0.228. The highest BCUT2D eigenvalue weighted by Gasteiger charge is 2.22. The van der Waals surface area contributed by atoms with Gasteiger partial charge in [-0.25, -0.2) is 0 Å². The molecule has 0 aliphatic carbocycles. The molecule has 0 bridgehead atoms. The van der Waals surface area contributed by atoms with E-state index in [0.29, 0.717) is 24.9 Å². The lowest BCUT2D eigenvalue weighted by Gasteiger charge is -2.10. The molecule has 6 heteroatoms. The third-order valence-corrected chi connectivity index (χ3v) is 3.69. The first kappa shape index (κ1) is 12.8. The summed E-state index contributed by atoms with van der Waals surface area (Å²) < 4.78 is 6.66. The third-order valence-electron chi connectivity index (χ3n) is 3.16. The van der Waals surface area contributed by atoms with Crippen LogP contribution in [0.25, 0.3) is 11.5 Å². The summed E-state index contributed by atoms with van der Waals surface area (Å²) in [6.45, 7) is 2.15. The minimum Gasteiger partial charge on any atom is -0.419 e. The van der Waals surface area contributed by atoms with Crippen LogP contribution in [-0.2, 0) is 6.54 Å². The summed E-state index contributed by atoms with van der Waals surface area (Å²) >= 11 is 3.39. The Morgan fingerprint density at radius 3 is 2.79 bits per heavy atom. The standard InChI is InChI=1S/C13H14BrN3O2/c14-10-3-1-9(2-4-10)13-16-15-12(19-13)8-17-6-5-11(18)7-17/h1-4,11,18H,5-8H2. The van der Waals surface area contributed by atoms with Gasteiger partial charge in [0, 0.05) is 23.1 Å². The number of nitrogens with zero attached hydrogens (tertiary/aromatic N) is 3. The average Bonchev–Trinajstić information content (AvgIpc) is 3.00. The van der Waals surface area contributed by atoms with Crippen molar-refractivity contribution in [1.82, 2.24) is 15.1 Å². The van der Waals surface area contributed by atoms with Gasteiger partial charge in [0.2, 0.25) is 11.8 Å². The van der Waals surface area contributed by atoms with Crippen LogP contribution in [-0.4, -0.2) is 39.4 Å². The van der Waals surface area contributed by atoms with Gasteiger partial charge in [-0.3, -0.25) is 4.90 Å². The van der Waals surface area contributed by atoms with Crippen LogP contribution >= 0.6 is 15.9 Å². The Morgan fingerprint density at radius 1 is 1.32 bits per heavy atom. The van der Waals surface area contributed by atoms with Gasteiger partial charge in [-0.2, -0.15) is 0 Å². The summed E-state index contributed by atoms with van der Waals surface area (Å²) in [4.78, 5) is 2.11. The largest absolute Gasteiger partial charge is 0.419 e. The van der Waals surface area contributed by atoms with E-state index in [1.54, 1.807) is 0 Å². The molecule has 1 aromatic heterocycles. The van der Waals surface area contributed by atoms with Gasteiger partial charge in [0.05, 0.1) is 12.6 Å². The zero-order valence-electron chi connectivity index (χ0n) is 10.3. The summed E-state index contributed by atoms with van der Waals surface area (Å²) in [5.41, 5.74) is 0.906. The van der Waals surface area contributed by atoms with Crippen molar-refractivity contribution in [2.45, 2.75) is 19.1 Å². The number of likely N-dealkylation sites (tertiary alicyclic amines) is 1. The highest BCUT2D eigenvalue weighted by molar-refractivity contribution is 9.10. The van der Waals surface area contributed by atoms with Gasteiger partial charge in [-0.1, -0.05) is 15.9 Å². The van der Waals surface area contributed by atoms with Crippen LogP contribution in [0.15, 0.2) is 33.2 Å². The molecule has 19 heavy (non-hydrogen) atoms. The molecule has 1 N–H and O–H groups in total. The first-order valence-electron chi connectivity index (χ1n) is 6.19. The number of hydrogen-bond donors (Lipinski definition) is 1. The number of hydrogen-bond acceptors (Lipinski definition) is 5. The van der Waals surface area contributed by atoms with Crippen LogP contribution in [0.2, 0.25) is 0 Å². The van der Waals surface area contributed by atoms with Crippen LogP contribution < -0.4 is 0 Å². The zero-order valence-corrected chi connectivity index (χ0v) is 11.9. The molecule has 100 valence electrons. The Morgan fingerprint density at radius 2 is 2.11 bits per heavy atom. The van der Waals surface area contributed by atoms with E-state index >= 15 is 0 Å². The van der Waals surface area contributed by atoms with Gasteiger partial charge in [-0.05, 0) is 30.7 Å². The summed E-state index contributed by atoms with van der Waals surface area (Å²) in [6.07, 6.45) is 0.585. The molecular formula is C13H14BrN3O2. The summed E-state index contributed by atoms with van der Waals surface area (Å²) in [6, 6.07) is 7.74. The number of aliphatic hydroxyl groups excluding tert-OH is 1. The average molecular weight is 324 g/mol. The second kappa shape index (κ2) is 5.40. The van der Waals surface area contributed by atoms with Gasteiger partial charge in [-0.15, -0.1) is 10.2 Å². The molecule has 1 aliphatic rings. The molecule has 1 unspecified atom stereocenters. The van der Waals surface area contributed by atoms with Crippen molar-refractivity contribution in [1.29, 1.82) is 0 Å². The molecule has 0 spiro atoms. The Hall–Kier alpha value is -1.24. The van der Waals surface area contributed by atoms with E-state index in [9.17, 15) is 5.11 Å². The Kier molecular flexibility index (Phi) is 3.63. The molecule has 0 saturated carbocycles. The zero-order chi connectivity index (χ0) is 13.2. The van der Waals surface area contributed by atoms with Gasteiger partial charge in [0.15, 0.2) is 0 Å². The van der Waals surface area contributed by atoms with Crippen LogP contribution in [0.1, 0.15) is 12.3 Å². The normalized spacial score (nSPS) is 20.0. The van der Waals surface area contributed by atoms with Crippen LogP contribution in [0.3, 0.4) is 0 Å². The molecular weight excluding hydrogens is 310 g/mol. The van der Waals surface area contributed by atoms with Gasteiger partial charge >= 0.3 is 0 Å². The smallest absolute Gasteiger partial charge is 0.247 e. The van der Waals surface area contributed by atoms with E-state index in [2.05, 4.69) is 31.0 Å². The Bertz CT molecular complexity index is 555. The summed E-state index contributed by atoms with van der Waals surface area (Å²) in [5.74, 6) is 1.12. The fraction of sp³-hybridized carbons (Fsp3) is 0.385. The first-order chi connectivity index (χ1) is 9.20. The second-order valence-electron chi connectivity index (χ2n) is 4.69. The number of aliphatic hydroxyl groups is 1. The first-order valence-corrected chi connectivity index (χ1v) is 6.99. The van der Waals surface area contributed by atoms with Crippen LogP contribution in [0, 0.1) is 0 Å². The molecule has 1 fully saturated rings. The lowest BCUT2D eigenvalue weighted by Crippen LogP contribution is -2.21. The molecule has 1 atom stereocenters. The van der Waals surface area contributed by atoms with E-state index in [0.717, 1.165) is 23.0 Å². The van der Waals surface area contributed by atoms with Crippen molar-refractivity contribution in [2.75, 3.05) is 13.1 Å². The lowest BCUT2D eigenvalue weighted by atomic mass is 10.2. The van der Waals surface area contributed by atoms with E-state index in [1.165, 1.54) is 0 Å². The SMILES string of the molecule is OC1CCN(Cc2nnc(-c3ccc(Br)cc3)o2)C1. The summed E-state index contributed by atoms with van der Waals surface area (Å²) in [5, 5.41) is 17.6. The highest BCUT2D eigenvalue weighted by Crippen LogP contribution is 2.21. The van der Waals surface area contributed by atoms with Crippen molar-refractivity contribution >= 4 is 15.9 Å². The number of β-amino-alcohol motifs (C(OH)–C–C–N with tert-alkyl or cyclic N) is 1. The molecule has 0 radical (unpaired) electrons. The van der Waals surface area contributed by atoms with Crippen LogP contribution in [0.5, 0.6) is 0 Å². The molecule has 2 aromatic rings. The predicted molar refractivity (Wildman–Crippen MR) is 73.3 cm³/mol. The number of benzene rings is 1. The molecule has 3 rings (SSSR count). The van der Waals surface area contributed by atoms with Crippen molar-refractivity contribution in [3.8, 4) is 11.5 Å². The van der Waals surface area contributed by atoms with E-state index in [1.807, 2.05) is 24.3 Å². The maximum atomic E-state index is 9.47.